The molecule has 17 nitrogen and oxygen atoms in total. The molecule has 364 valence electrons. The maximum atomic E-state index is 13.3. The van der Waals surface area contributed by atoms with E-state index in [-0.39, 0.29) is 90.8 Å². The van der Waals surface area contributed by atoms with Crippen molar-refractivity contribution in [3.63, 3.8) is 0 Å². The van der Waals surface area contributed by atoms with Crippen molar-refractivity contribution in [2.45, 2.75) is 6.92 Å². The zero-order chi connectivity index (χ0) is 52.1. The maximum Gasteiger partial charge on any atom is 2.00 e. The van der Waals surface area contributed by atoms with Gasteiger partial charge in [0.05, 0.1) is 23.8 Å². The zero-order valence-electron chi connectivity index (χ0n) is 42.0. The van der Waals surface area contributed by atoms with Gasteiger partial charge in [0.1, 0.15) is 23.0 Å². The van der Waals surface area contributed by atoms with Crippen molar-refractivity contribution >= 4 is 50.6 Å². The third kappa shape index (κ3) is 19.0. The average molecular weight is 1030 g/mol. The van der Waals surface area contributed by atoms with Gasteiger partial charge in [0.25, 0.3) is 5.69 Å². The Morgan fingerprint density at radius 2 is 0.936 bits per heavy atom. The van der Waals surface area contributed by atoms with Crippen LogP contribution in [0.15, 0.2) is 178 Å². The van der Waals surface area contributed by atoms with Crippen LogP contribution in [0.2, 0.25) is 0 Å². The number of H-pyrrole nitrogens is 5. The van der Waals surface area contributed by atoms with Crippen molar-refractivity contribution in [3.8, 4) is 97.1 Å². The second-order valence-electron chi connectivity index (χ2n) is 14.8. The second kappa shape index (κ2) is 33.4. The van der Waals surface area contributed by atoms with Crippen molar-refractivity contribution in [3.05, 3.63) is 206 Å². The number of nitrogens with one attached hydrogen (secondary N) is 5. The van der Waals surface area contributed by atoms with Crippen LogP contribution in [-0.4, -0.2) is 82.6 Å². The van der Waals surface area contributed by atoms with Gasteiger partial charge in [-0.2, -0.15) is 9.65 Å². The third-order valence-electron chi connectivity index (χ3n) is 9.81. The maximum absolute atomic E-state index is 13.3. The van der Waals surface area contributed by atoms with Crippen LogP contribution in [0.3, 0.4) is 0 Å². The number of aromatic nitrogens is 10. The molecule has 0 unspecified atom stereocenters. The topological polar surface area (TPSA) is 283 Å². The van der Waals surface area contributed by atoms with Gasteiger partial charge in [-0.15, -0.1) is 0 Å². The van der Waals surface area contributed by atoms with Crippen LogP contribution >= 0.6 is 0 Å². The Bertz CT molecular complexity index is 3350. The van der Waals surface area contributed by atoms with E-state index in [4.69, 9.17) is 10.00 Å². The Hall–Kier alpha value is -9.58. The van der Waals surface area contributed by atoms with Gasteiger partial charge in [-0.25, -0.2) is 33.7 Å². The number of halogens is 3. The minimum atomic E-state index is -0.842. The van der Waals surface area contributed by atoms with Gasteiger partial charge in [0.2, 0.25) is 41.4 Å². The first-order valence-electron chi connectivity index (χ1n) is 21.4. The first-order chi connectivity index (χ1) is 35.3. The van der Waals surface area contributed by atoms with Crippen molar-refractivity contribution in [2.24, 2.45) is 0 Å². The largest absolute Gasteiger partial charge is 2.00 e. The van der Waals surface area contributed by atoms with Gasteiger partial charge in [0, 0.05) is 85.5 Å². The van der Waals surface area contributed by atoms with Gasteiger partial charge in [0.15, 0.2) is 35.6 Å². The molecule has 0 saturated carbocycles. The van der Waals surface area contributed by atoms with Crippen molar-refractivity contribution in [1.82, 2.24) is 24.9 Å². The number of aromatic amines is 5. The van der Waals surface area contributed by atoms with Crippen LogP contribution < -0.4 is 55.2 Å². The van der Waals surface area contributed by atoms with Crippen LogP contribution in [0, 0.1) is 35.7 Å². The molecule has 10 heterocycles. The Morgan fingerprint density at radius 1 is 0.474 bits per heavy atom. The molecule has 0 aliphatic carbocycles. The fourth-order valence-corrected chi connectivity index (χ4v) is 6.14. The molecule has 0 aliphatic rings. The van der Waals surface area contributed by atoms with Crippen LogP contribution in [0.5, 0.6) is 34.5 Å². The van der Waals surface area contributed by atoms with Gasteiger partial charge in [-0.3, -0.25) is 24.9 Å². The number of pyridine rings is 10. The van der Waals surface area contributed by atoms with E-state index in [1.165, 1.54) is 91.9 Å². The van der Waals surface area contributed by atoms with Crippen LogP contribution in [-0.2, 0) is 0 Å². The van der Waals surface area contributed by atoms with E-state index in [2.05, 4.69) is 49.8 Å². The SMILES string of the molecule is COc1ccc(-c2cnccc2[O-])[nH+]c1.Cc1ccc(-c2cnccc2[O-])[nH+]c1.N#Cc1ccc(-c2cnccc2[O-])[nH+]c1.[Be+2].[Be+2].[Be+2].[Be+2].[Be+2].[O-]c1cccnc1-c1[nH+]cc(F)cc1F.[O-]c1cccnc1-c1ccc(F)c[nH+]1. The number of aryl methyl sites for hydroxylation is 1. The molecular weight excluding hydrogens is 989 g/mol. The Morgan fingerprint density at radius 3 is 1.33 bits per heavy atom. The Kier molecular flexibility index (Phi) is 28.4. The van der Waals surface area contributed by atoms with Crippen LogP contribution in [0.25, 0.3) is 56.5 Å². The fraction of sp³-hybridized carbons (Fsp3) is 0.0377. The van der Waals surface area contributed by atoms with Gasteiger partial charge < -0.3 is 30.3 Å². The van der Waals surface area contributed by atoms with Gasteiger partial charge >= 0.3 is 50.6 Å². The molecule has 0 spiro atoms. The summed E-state index contributed by atoms with van der Waals surface area (Å²) in [5.41, 5.74) is 6.14. The summed E-state index contributed by atoms with van der Waals surface area (Å²) in [6.45, 7) is 1.99. The number of methoxy groups -OCH3 is 1. The summed E-state index contributed by atoms with van der Waals surface area (Å²) < 4.78 is 43.4. The summed E-state index contributed by atoms with van der Waals surface area (Å²) >= 11 is 0. The molecule has 10 aromatic rings. The Labute approximate surface area is 464 Å². The van der Waals surface area contributed by atoms with E-state index in [0.29, 0.717) is 45.4 Å². The second-order valence-corrected chi connectivity index (χ2v) is 14.8. The molecule has 10 rings (SSSR count). The molecule has 0 amide bonds. The zero-order valence-corrected chi connectivity index (χ0v) is 42.0. The summed E-state index contributed by atoms with van der Waals surface area (Å²) in [5.74, 6) is -2.00. The summed E-state index contributed by atoms with van der Waals surface area (Å²) in [4.78, 5) is 33.3. The van der Waals surface area contributed by atoms with E-state index >= 15 is 0 Å². The molecule has 25 heteroatoms. The molecule has 0 atom stereocenters. The van der Waals surface area contributed by atoms with E-state index in [1.54, 1.807) is 62.2 Å². The van der Waals surface area contributed by atoms with Crippen LogP contribution in [0.1, 0.15) is 11.1 Å². The third-order valence-corrected chi connectivity index (χ3v) is 9.81. The molecule has 0 aromatic carbocycles. The van der Waals surface area contributed by atoms with E-state index < -0.39 is 17.4 Å². The van der Waals surface area contributed by atoms with Gasteiger partial charge in [-0.05, 0) is 43.3 Å². The first-order valence-corrected chi connectivity index (χ1v) is 21.4. The number of nitriles is 1. The molecule has 0 aliphatic heterocycles. The van der Waals surface area contributed by atoms with E-state index in [0.717, 1.165) is 28.9 Å². The smallest absolute Gasteiger partial charge is 0.872 e. The predicted molar refractivity (Wildman–Crippen MR) is 273 cm³/mol. The number of hydrogen-bond donors (Lipinski definition) is 0. The van der Waals surface area contributed by atoms with Crippen molar-refractivity contribution in [1.29, 1.82) is 5.26 Å². The van der Waals surface area contributed by atoms with E-state index in [9.17, 15) is 38.7 Å². The molecule has 5 N–H and O–H groups in total. The Balaban J connectivity index is 0.000000480. The molecule has 10 aromatic heterocycles. The number of hydrogen-bond acceptors (Lipinski definition) is 12. The summed E-state index contributed by atoms with van der Waals surface area (Å²) in [7, 11) is 1.59. The number of nitrogens with zero attached hydrogens (tertiary/aromatic N) is 6. The number of rotatable bonds is 6. The molecular formula is C53H40Be5F3N11O6+10. The monoisotopic (exact) mass is 1030 g/mol. The fourth-order valence-electron chi connectivity index (χ4n) is 6.14. The number of ether oxygens (including phenoxy) is 1. The van der Waals surface area contributed by atoms with Crippen LogP contribution in [0.4, 0.5) is 13.2 Å². The molecule has 0 fully saturated rings. The molecule has 0 radical (unpaired) electrons. The minimum absolute atomic E-state index is 0. The predicted octanol–water partition coefficient (Wildman–Crippen LogP) is 1.88. The molecule has 78 heavy (non-hydrogen) atoms. The van der Waals surface area contributed by atoms with Crippen molar-refractivity contribution in [2.75, 3.05) is 7.11 Å². The van der Waals surface area contributed by atoms with Gasteiger partial charge in [-0.1, -0.05) is 59.1 Å². The van der Waals surface area contributed by atoms with E-state index in [1.807, 2.05) is 31.3 Å². The quantitative estimate of drug-likeness (QED) is 0.216. The average Bonchev–Trinajstić information content (AvgIpc) is 3.41. The summed E-state index contributed by atoms with van der Waals surface area (Å²) in [5, 5.41) is 65.6. The molecule has 0 saturated heterocycles. The minimum Gasteiger partial charge on any atom is -0.872 e. The summed E-state index contributed by atoms with van der Waals surface area (Å²) in [6, 6.07) is 26.2. The standard InChI is InChI=1S/C11H7N3O.C11H10N2O2.C11H10N2O.C10H6F2N2O.C10H7FN2O.5Be/c12-5-8-1-2-10(14-6-8)9-7-13-4-3-11(9)15;1-15-8-2-3-10(13-6-8)9-7-12-5-4-11(9)14;1-8-2-3-10(13-6-8)9-7-12-5-4-11(9)14;11-6-4-7(12)9(14-5-6)10-8(15)2-1-3-13-10;11-7-3-4-8(13-6-7)10-9(14)2-1-5-12-10;;;;;/h1-4,6-7H,(H,13,15);2-7H,1H3,(H,12,14);2-7H,1H3,(H,12,14);1-5,15H;1-6,14H;;;;;/q;;;;;5*+2. The molecule has 0 bridgehead atoms. The van der Waals surface area contributed by atoms with Crippen molar-refractivity contribution < 1.29 is 68.4 Å². The first kappa shape index (κ1) is 66.4. The summed E-state index contributed by atoms with van der Waals surface area (Å²) in [6.07, 6.45) is 19.2. The normalized spacial score (nSPS) is 9.33.